The fraction of sp³-hybridized carbons (Fsp3) is 0.133. The minimum absolute atomic E-state index is 0.0824. The summed E-state index contributed by atoms with van der Waals surface area (Å²) in [5.74, 6) is -0.160. The van der Waals surface area contributed by atoms with Crippen LogP contribution in [0.25, 0.3) is 6.08 Å². The van der Waals surface area contributed by atoms with Crippen molar-refractivity contribution >= 4 is 33.3 Å². The van der Waals surface area contributed by atoms with Crippen LogP contribution in [0.5, 0.6) is 0 Å². The van der Waals surface area contributed by atoms with Crippen molar-refractivity contribution in [1.29, 1.82) is 0 Å². The summed E-state index contributed by atoms with van der Waals surface area (Å²) in [6.45, 7) is 0.474. The fourth-order valence-electron chi connectivity index (χ4n) is 1.78. The quantitative estimate of drug-likeness (QED) is 0.788. The Morgan fingerprint density at radius 2 is 1.95 bits per heavy atom. The Morgan fingerprint density at radius 1 is 1.23 bits per heavy atom. The van der Waals surface area contributed by atoms with E-state index in [4.69, 9.17) is 5.14 Å². The molecule has 7 heteroatoms. The number of sulfonamides is 1. The van der Waals surface area contributed by atoms with Crippen LogP contribution in [-0.4, -0.2) is 20.9 Å². The molecule has 2 rings (SSSR count). The van der Waals surface area contributed by atoms with E-state index in [1.54, 1.807) is 29.5 Å². The maximum Gasteiger partial charge on any atom is 0.244 e. The summed E-state index contributed by atoms with van der Waals surface area (Å²) in [7, 11) is -3.66. The molecular weight excluding hydrogens is 320 g/mol. The van der Waals surface area contributed by atoms with Crippen molar-refractivity contribution in [3.63, 3.8) is 0 Å². The molecule has 0 saturated heterocycles. The summed E-state index contributed by atoms with van der Waals surface area (Å²) in [5.41, 5.74) is 1.92. The van der Waals surface area contributed by atoms with Crippen molar-refractivity contribution in [3.05, 3.63) is 58.3 Å². The lowest BCUT2D eigenvalue weighted by Gasteiger charge is -2.04. The number of primary sulfonamides is 1. The predicted molar refractivity (Wildman–Crippen MR) is 87.9 cm³/mol. The van der Waals surface area contributed by atoms with Crippen LogP contribution in [0.2, 0.25) is 0 Å². The normalized spacial score (nSPS) is 11.7. The molecule has 3 N–H and O–H groups in total. The first-order chi connectivity index (χ1) is 10.4. The van der Waals surface area contributed by atoms with E-state index < -0.39 is 10.0 Å². The zero-order valence-corrected chi connectivity index (χ0v) is 13.4. The van der Waals surface area contributed by atoms with E-state index in [0.717, 1.165) is 11.1 Å². The average molecular weight is 336 g/mol. The molecule has 0 aliphatic carbocycles. The summed E-state index contributed by atoms with van der Waals surface area (Å²) in [6.07, 6.45) is 3.86. The van der Waals surface area contributed by atoms with E-state index in [-0.39, 0.29) is 10.8 Å². The highest BCUT2D eigenvalue weighted by molar-refractivity contribution is 7.89. The molecule has 1 heterocycles. The van der Waals surface area contributed by atoms with Crippen LogP contribution in [0.15, 0.2) is 52.1 Å². The number of carbonyl (C=O) groups is 1. The fourth-order valence-corrected chi connectivity index (χ4v) is 2.92. The Kier molecular flexibility index (Phi) is 5.48. The first-order valence-corrected chi connectivity index (χ1v) is 9.04. The third-order valence-electron chi connectivity index (χ3n) is 2.94. The van der Waals surface area contributed by atoms with Gasteiger partial charge < -0.3 is 5.32 Å². The van der Waals surface area contributed by atoms with E-state index in [1.807, 2.05) is 16.8 Å². The highest BCUT2D eigenvalue weighted by Gasteiger charge is 2.06. The number of amides is 1. The lowest BCUT2D eigenvalue weighted by molar-refractivity contribution is -0.116. The van der Waals surface area contributed by atoms with E-state index in [0.29, 0.717) is 13.0 Å². The summed E-state index contributed by atoms with van der Waals surface area (Å²) in [6, 6.07) is 8.23. The number of benzene rings is 1. The molecule has 0 aliphatic rings. The molecule has 1 amide bonds. The van der Waals surface area contributed by atoms with Crippen LogP contribution in [0.4, 0.5) is 0 Å². The summed E-state index contributed by atoms with van der Waals surface area (Å²) < 4.78 is 22.3. The number of carbonyl (C=O) groups excluding carboxylic acids is 1. The summed E-state index contributed by atoms with van der Waals surface area (Å²) >= 11 is 1.57. The Bertz CT molecular complexity index is 749. The molecule has 2 aromatic rings. The van der Waals surface area contributed by atoms with Gasteiger partial charge in [-0.25, -0.2) is 13.6 Å². The maximum absolute atomic E-state index is 11.6. The monoisotopic (exact) mass is 336 g/mol. The molecule has 1 aromatic heterocycles. The van der Waals surface area contributed by atoms with Crippen molar-refractivity contribution in [2.24, 2.45) is 5.14 Å². The van der Waals surface area contributed by atoms with Crippen LogP contribution >= 0.6 is 11.3 Å². The highest BCUT2D eigenvalue weighted by Crippen LogP contribution is 2.09. The first kappa shape index (κ1) is 16.4. The molecule has 1 aromatic carbocycles. The number of nitrogens with one attached hydrogen (secondary N) is 1. The summed E-state index contributed by atoms with van der Waals surface area (Å²) in [5, 5.41) is 11.7. The molecule has 22 heavy (non-hydrogen) atoms. The smallest absolute Gasteiger partial charge is 0.244 e. The van der Waals surface area contributed by atoms with Gasteiger partial charge in [0.05, 0.1) is 4.90 Å². The molecule has 116 valence electrons. The second-order valence-corrected chi connectivity index (χ2v) is 6.96. The Hall–Kier alpha value is -1.96. The van der Waals surface area contributed by atoms with Gasteiger partial charge in [0.1, 0.15) is 0 Å². The average Bonchev–Trinajstić information content (AvgIpc) is 2.98. The highest BCUT2D eigenvalue weighted by atomic mass is 32.2. The SMILES string of the molecule is NS(=O)(=O)c1ccc(CCNC(=O)/C=C/c2ccsc2)cc1. The largest absolute Gasteiger partial charge is 0.352 e. The van der Waals surface area contributed by atoms with Gasteiger partial charge in [-0.15, -0.1) is 0 Å². The van der Waals surface area contributed by atoms with Crippen molar-refractivity contribution in [3.8, 4) is 0 Å². The number of hydrogen-bond acceptors (Lipinski definition) is 4. The van der Waals surface area contributed by atoms with Crippen LogP contribution in [0.3, 0.4) is 0 Å². The van der Waals surface area contributed by atoms with Gasteiger partial charge in [0.25, 0.3) is 0 Å². The van der Waals surface area contributed by atoms with Crippen molar-refractivity contribution in [2.75, 3.05) is 6.54 Å². The van der Waals surface area contributed by atoms with Crippen molar-refractivity contribution in [1.82, 2.24) is 5.32 Å². The van der Waals surface area contributed by atoms with Gasteiger partial charge in [0, 0.05) is 12.6 Å². The van der Waals surface area contributed by atoms with E-state index >= 15 is 0 Å². The van der Waals surface area contributed by atoms with Gasteiger partial charge in [-0.1, -0.05) is 12.1 Å². The number of nitrogens with two attached hydrogens (primary N) is 1. The minimum atomic E-state index is -3.66. The molecule has 0 unspecified atom stereocenters. The van der Waals surface area contributed by atoms with Crippen LogP contribution in [0, 0.1) is 0 Å². The number of rotatable bonds is 6. The minimum Gasteiger partial charge on any atom is -0.352 e. The van der Waals surface area contributed by atoms with Crippen LogP contribution in [0.1, 0.15) is 11.1 Å². The molecule has 0 bridgehead atoms. The van der Waals surface area contributed by atoms with Gasteiger partial charge in [-0.05, 0) is 52.6 Å². The standard InChI is InChI=1S/C15H16N2O3S2/c16-22(19,20)14-4-1-12(2-5-14)7-9-17-15(18)6-3-13-8-10-21-11-13/h1-6,8,10-11H,7,9H2,(H,17,18)(H2,16,19,20)/b6-3+. The second kappa shape index (κ2) is 7.35. The van der Waals surface area contributed by atoms with E-state index in [1.165, 1.54) is 18.2 Å². The number of thiophene rings is 1. The van der Waals surface area contributed by atoms with E-state index in [2.05, 4.69) is 5.32 Å². The van der Waals surface area contributed by atoms with Gasteiger partial charge >= 0.3 is 0 Å². The van der Waals surface area contributed by atoms with Crippen molar-refractivity contribution in [2.45, 2.75) is 11.3 Å². The molecule has 5 nitrogen and oxygen atoms in total. The lowest BCUT2D eigenvalue weighted by Crippen LogP contribution is -2.23. The third-order valence-corrected chi connectivity index (χ3v) is 4.57. The molecular formula is C15H16N2O3S2. The third kappa shape index (κ3) is 5.10. The second-order valence-electron chi connectivity index (χ2n) is 4.62. The lowest BCUT2D eigenvalue weighted by atomic mass is 10.1. The molecule has 0 radical (unpaired) electrons. The topological polar surface area (TPSA) is 89.3 Å². The first-order valence-electron chi connectivity index (χ1n) is 6.55. The molecule has 0 fully saturated rings. The van der Waals surface area contributed by atoms with Gasteiger partial charge in [-0.3, -0.25) is 4.79 Å². The number of hydrogen-bond donors (Lipinski definition) is 2. The van der Waals surface area contributed by atoms with Gasteiger partial charge in [0.15, 0.2) is 0 Å². The zero-order valence-electron chi connectivity index (χ0n) is 11.7. The van der Waals surface area contributed by atoms with Gasteiger partial charge in [-0.2, -0.15) is 11.3 Å². The Morgan fingerprint density at radius 3 is 2.55 bits per heavy atom. The molecule has 0 spiro atoms. The molecule has 0 saturated carbocycles. The van der Waals surface area contributed by atoms with Crippen molar-refractivity contribution < 1.29 is 13.2 Å². The van der Waals surface area contributed by atoms with E-state index in [9.17, 15) is 13.2 Å². The summed E-state index contributed by atoms with van der Waals surface area (Å²) in [4.78, 5) is 11.7. The molecule has 0 atom stereocenters. The zero-order chi connectivity index (χ0) is 16.0. The van der Waals surface area contributed by atoms with Gasteiger partial charge in [0.2, 0.25) is 15.9 Å². The Balaban J connectivity index is 1.80. The Labute approximate surface area is 133 Å². The maximum atomic E-state index is 11.6. The predicted octanol–water partition coefficient (Wildman–Crippen LogP) is 1.77. The van der Waals surface area contributed by atoms with Crippen LogP contribution < -0.4 is 10.5 Å². The van der Waals surface area contributed by atoms with Crippen LogP contribution in [-0.2, 0) is 21.2 Å². The molecule has 0 aliphatic heterocycles.